The molecular formula is C21H24N4O3. The van der Waals surface area contributed by atoms with Gasteiger partial charge in [0.15, 0.2) is 0 Å². The van der Waals surface area contributed by atoms with Gasteiger partial charge in [-0.3, -0.25) is 4.79 Å². The number of aromatic nitrogens is 3. The molecule has 3 rings (SSSR count). The second-order valence-electron chi connectivity index (χ2n) is 6.61. The lowest BCUT2D eigenvalue weighted by Crippen LogP contribution is -2.17. The molecule has 146 valence electrons. The van der Waals surface area contributed by atoms with Crippen molar-refractivity contribution in [2.45, 2.75) is 34.2 Å². The minimum atomic E-state index is -0.433. The van der Waals surface area contributed by atoms with Crippen molar-refractivity contribution in [1.82, 2.24) is 14.8 Å². The van der Waals surface area contributed by atoms with Crippen molar-refractivity contribution in [3.63, 3.8) is 0 Å². The molecule has 0 saturated carbocycles. The van der Waals surface area contributed by atoms with Crippen molar-refractivity contribution >= 4 is 17.7 Å². The van der Waals surface area contributed by atoms with E-state index in [1.54, 1.807) is 25.5 Å². The molecule has 0 aliphatic rings. The van der Waals surface area contributed by atoms with Gasteiger partial charge >= 0.3 is 5.97 Å². The van der Waals surface area contributed by atoms with E-state index in [-0.39, 0.29) is 12.5 Å². The third-order valence-electron chi connectivity index (χ3n) is 4.46. The molecule has 2 aromatic heterocycles. The first-order valence-corrected chi connectivity index (χ1v) is 9.16. The summed E-state index contributed by atoms with van der Waals surface area (Å²) in [5.74, 6) is -0.168. The summed E-state index contributed by atoms with van der Waals surface area (Å²) in [7, 11) is 0. The van der Waals surface area contributed by atoms with Crippen LogP contribution in [0.1, 0.15) is 50.3 Å². The van der Waals surface area contributed by atoms with Crippen molar-refractivity contribution in [3.05, 3.63) is 70.2 Å². The molecule has 2 N–H and O–H groups in total. The van der Waals surface area contributed by atoms with Gasteiger partial charge in [-0.05, 0) is 38.8 Å². The van der Waals surface area contributed by atoms with Crippen LogP contribution in [0.15, 0.2) is 36.4 Å². The Morgan fingerprint density at radius 2 is 1.89 bits per heavy atom. The Hall–Kier alpha value is -3.35. The molecule has 2 heterocycles. The summed E-state index contributed by atoms with van der Waals surface area (Å²) in [6.45, 7) is 7.93. The number of aryl methyl sites for hydroxylation is 2. The minimum Gasteiger partial charge on any atom is -0.462 e. The van der Waals surface area contributed by atoms with E-state index in [2.05, 4.69) is 15.4 Å². The fourth-order valence-electron chi connectivity index (χ4n) is 3.19. The predicted octanol–water partition coefficient (Wildman–Crippen LogP) is 3.61. The molecule has 0 aliphatic carbocycles. The van der Waals surface area contributed by atoms with Crippen molar-refractivity contribution in [2.24, 2.45) is 0 Å². The summed E-state index contributed by atoms with van der Waals surface area (Å²) in [4.78, 5) is 28.0. The number of amides is 1. The zero-order valence-corrected chi connectivity index (χ0v) is 16.5. The van der Waals surface area contributed by atoms with E-state index < -0.39 is 5.97 Å². The average molecular weight is 380 g/mol. The van der Waals surface area contributed by atoms with E-state index in [4.69, 9.17) is 4.74 Å². The van der Waals surface area contributed by atoms with E-state index in [0.717, 1.165) is 11.3 Å². The molecule has 0 atom stereocenters. The molecule has 7 heteroatoms. The molecule has 0 saturated heterocycles. The van der Waals surface area contributed by atoms with Gasteiger partial charge in [0.1, 0.15) is 11.5 Å². The van der Waals surface area contributed by atoms with Crippen molar-refractivity contribution in [2.75, 3.05) is 11.9 Å². The fourth-order valence-corrected chi connectivity index (χ4v) is 3.19. The Bertz CT molecular complexity index is 1000. The number of hydrogen-bond acceptors (Lipinski definition) is 4. The maximum atomic E-state index is 12.9. The monoisotopic (exact) mass is 380 g/mol. The molecule has 1 aromatic carbocycles. The number of ether oxygens (including phenoxy) is 1. The van der Waals surface area contributed by atoms with Crippen LogP contribution >= 0.6 is 0 Å². The molecule has 0 fully saturated rings. The van der Waals surface area contributed by atoms with Crippen LogP contribution in [0.4, 0.5) is 5.82 Å². The number of carbonyl (C=O) groups is 2. The van der Waals surface area contributed by atoms with Crippen molar-refractivity contribution < 1.29 is 14.3 Å². The summed E-state index contributed by atoms with van der Waals surface area (Å²) in [5, 5.41) is 7.37. The molecular weight excluding hydrogens is 356 g/mol. The lowest BCUT2D eigenvalue weighted by atomic mass is 10.1. The van der Waals surface area contributed by atoms with Gasteiger partial charge in [-0.25, -0.2) is 9.48 Å². The number of nitrogens with zero attached hydrogens (tertiary/aromatic N) is 2. The molecule has 7 nitrogen and oxygen atoms in total. The first-order valence-electron chi connectivity index (χ1n) is 9.16. The normalized spacial score (nSPS) is 10.7. The van der Waals surface area contributed by atoms with Crippen molar-refractivity contribution in [1.29, 1.82) is 0 Å². The Morgan fingerprint density at radius 3 is 2.57 bits per heavy atom. The zero-order valence-electron chi connectivity index (χ0n) is 16.5. The quantitative estimate of drug-likeness (QED) is 0.639. The van der Waals surface area contributed by atoms with Crippen molar-refractivity contribution in [3.8, 4) is 0 Å². The largest absolute Gasteiger partial charge is 0.462 e. The lowest BCUT2D eigenvalue weighted by molar-refractivity contribution is 0.0525. The van der Waals surface area contributed by atoms with Crippen LogP contribution in [-0.2, 0) is 11.3 Å². The maximum absolute atomic E-state index is 12.9. The molecule has 0 spiro atoms. The van der Waals surface area contributed by atoms with E-state index >= 15 is 0 Å². The van der Waals surface area contributed by atoms with Gasteiger partial charge in [-0.15, -0.1) is 0 Å². The highest BCUT2D eigenvalue weighted by atomic mass is 16.5. The summed E-state index contributed by atoms with van der Waals surface area (Å²) < 4.78 is 6.83. The summed E-state index contributed by atoms with van der Waals surface area (Å²) >= 11 is 0. The number of benzene rings is 1. The zero-order chi connectivity index (χ0) is 20.3. The number of anilines is 1. The second kappa shape index (κ2) is 8.12. The predicted molar refractivity (Wildman–Crippen MR) is 107 cm³/mol. The summed E-state index contributed by atoms with van der Waals surface area (Å²) in [6, 6.07) is 11.7. The van der Waals surface area contributed by atoms with Gasteiger partial charge < -0.3 is 15.0 Å². The van der Waals surface area contributed by atoms with Gasteiger partial charge in [0.05, 0.1) is 24.4 Å². The Kier molecular flexibility index (Phi) is 5.63. The number of rotatable bonds is 6. The van der Waals surface area contributed by atoms with E-state index in [9.17, 15) is 9.59 Å². The minimum absolute atomic E-state index is 0.280. The number of esters is 1. The highest BCUT2D eigenvalue weighted by Crippen LogP contribution is 2.21. The van der Waals surface area contributed by atoms with Gasteiger partial charge in [-0.2, -0.15) is 5.10 Å². The summed E-state index contributed by atoms with van der Waals surface area (Å²) in [6.07, 6.45) is 0. The van der Waals surface area contributed by atoms with Crippen LogP contribution < -0.4 is 5.32 Å². The van der Waals surface area contributed by atoms with Crippen LogP contribution in [-0.4, -0.2) is 33.2 Å². The average Bonchev–Trinajstić information content (AvgIpc) is 3.14. The van der Waals surface area contributed by atoms with Gasteiger partial charge in [0.2, 0.25) is 0 Å². The van der Waals surface area contributed by atoms with Gasteiger partial charge in [0, 0.05) is 11.8 Å². The van der Waals surface area contributed by atoms with Crippen LogP contribution in [0.25, 0.3) is 0 Å². The SMILES string of the molecule is CCOC(=O)c1c(C)[nH]c(C(=O)Nc2cc(C)nn2Cc2ccccc2)c1C. The van der Waals surface area contributed by atoms with Crippen LogP contribution in [0.5, 0.6) is 0 Å². The first-order chi connectivity index (χ1) is 13.4. The second-order valence-corrected chi connectivity index (χ2v) is 6.61. The Morgan fingerprint density at radius 1 is 1.18 bits per heavy atom. The molecule has 0 aliphatic heterocycles. The molecule has 0 bridgehead atoms. The number of H-pyrrole nitrogens is 1. The Balaban J connectivity index is 1.84. The van der Waals surface area contributed by atoms with E-state index in [1.165, 1.54) is 0 Å². The van der Waals surface area contributed by atoms with E-state index in [1.807, 2.05) is 43.3 Å². The van der Waals surface area contributed by atoms with Crippen LogP contribution in [0.2, 0.25) is 0 Å². The molecule has 0 radical (unpaired) electrons. The Labute approximate surface area is 163 Å². The lowest BCUT2D eigenvalue weighted by Gasteiger charge is -2.09. The third-order valence-corrected chi connectivity index (χ3v) is 4.46. The number of nitrogens with one attached hydrogen (secondary N) is 2. The molecule has 28 heavy (non-hydrogen) atoms. The number of hydrogen-bond donors (Lipinski definition) is 2. The van der Waals surface area contributed by atoms with Gasteiger partial charge in [-0.1, -0.05) is 30.3 Å². The maximum Gasteiger partial charge on any atom is 0.340 e. The smallest absolute Gasteiger partial charge is 0.340 e. The molecule has 1 amide bonds. The summed E-state index contributed by atoms with van der Waals surface area (Å²) in [5.41, 5.74) is 3.80. The number of carbonyl (C=O) groups excluding carboxylic acids is 2. The van der Waals surface area contributed by atoms with Crippen LogP contribution in [0.3, 0.4) is 0 Å². The highest BCUT2D eigenvalue weighted by Gasteiger charge is 2.23. The third kappa shape index (κ3) is 3.98. The number of aromatic amines is 1. The molecule has 0 unspecified atom stereocenters. The first kappa shape index (κ1) is 19.4. The van der Waals surface area contributed by atoms with Crippen LogP contribution in [0, 0.1) is 20.8 Å². The molecule has 3 aromatic rings. The highest BCUT2D eigenvalue weighted by molar-refractivity contribution is 6.06. The standard InChI is InChI=1S/C21H24N4O3/c1-5-28-21(27)18-14(3)19(22-15(18)4)20(26)23-17-11-13(2)24-25(17)12-16-9-7-6-8-10-16/h6-11,22H,5,12H2,1-4H3,(H,23,26). The fraction of sp³-hybridized carbons (Fsp3) is 0.286. The topological polar surface area (TPSA) is 89.0 Å². The van der Waals surface area contributed by atoms with E-state index in [0.29, 0.717) is 34.9 Å². The van der Waals surface area contributed by atoms with Gasteiger partial charge in [0.25, 0.3) is 5.91 Å².